The minimum Gasteiger partial charge on any atom is -0.491 e. The third kappa shape index (κ3) is 11.5. The molecule has 0 aliphatic rings. The third-order valence-corrected chi connectivity index (χ3v) is 4.34. The summed E-state index contributed by atoms with van der Waals surface area (Å²) in [7, 11) is -2.63. The lowest BCUT2D eigenvalue weighted by Crippen LogP contribution is -2.14. The molecule has 0 spiro atoms. The second kappa shape index (κ2) is 14.7. The van der Waals surface area contributed by atoms with Crippen molar-refractivity contribution < 1.29 is 41.4 Å². The Morgan fingerprint density at radius 3 is 1.71 bits per heavy atom. The molecule has 0 aliphatic carbocycles. The predicted octanol–water partition coefficient (Wildman–Crippen LogP) is 1.33. The second-order valence-electron chi connectivity index (χ2n) is 5.69. The number of rotatable bonds is 17. The number of aryl methyl sites for hydroxylation is 1. The van der Waals surface area contributed by atoms with Crippen LogP contribution in [0.4, 0.5) is 0 Å². The molecule has 0 bridgehead atoms. The minimum absolute atomic E-state index is 0.203. The Morgan fingerprint density at radius 2 is 1.25 bits per heavy atom. The Morgan fingerprint density at radius 1 is 0.786 bits per heavy atom. The Balaban J connectivity index is 1.98. The van der Waals surface area contributed by atoms with E-state index in [9.17, 15) is 8.42 Å². The van der Waals surface area contributed by atoms with Gasteiger partial charge in [-0.2, -0.15) is 8.42 Å². The molecule has 0 saturated carbocycles. The molecule has 0 fully saturated rings. The van der Waals surface area contributed by atoms with E-state index in [1.807, 2.05) is 0 Å². The summed E-state index contributed by atoms with van der Waals surface area (Å²) in [5.74, 6) is 0.387. The van der Waals surface area contributed by atoms with E-state index in [0.717, 1.165) is 5.56 Å². The van der Waals surface area contributed by atoms with Crippen molar-refractivity contribution in [1.82, 2.24) is 0 Å². The Bertz CT molecular complexity index is 634. The monoisotopic (exact) mass is 422 g/mol. The molecule has 1 N–H and O–H groups in total. The van der Waals surface area contributed by atoms with E-state index in [4.69, 9.17) is 33.0 Å². The van der Waals surface area contributed by atoms with Crippen LogP contribution in [0.2, 0.25) is 0 Å². The molecule has 1 rings (SSSR count). The normalized spacial score (nSPS) is 11.7. The van der Waals surface area contributed by atoms with Crippen molar-refractivity contribution in [2.45, 2.75) is 11.8 Å². The van der Waals surface area contributed by atoms with Crippen molar-refractivity contribution in [3.8, 4) is 5.75 Å². The molecule has 1 aromatic carbocycles. The third-order valence-electron chi connectivity index (χ3n) is 3.49. The molecule has 0 atom stereocenters. The van der Waals surface area contributed by atoms with E-state index in [2.05, 4.69) is 0 Å². The largest absolute Gasteiger partial charge is 0.491 e. The van der Waals surface area contributed by atoms with E-state index in [1.54, 1.807) is 20.1 Å². The summed E-state index contributed by atoms with van der Waals surface area (Å²) in [6.45, 7) is 6.34. The quantitative estimate of drug-likeness (QED) is 0.294. The summed E-state index contributed by atoms with van der Waals surface area (Å²) < 4.78 is 63.1. The summed E-state index contributed by atoms with van der Waals surface area (Å²) in [6, 6.07) is 4.18. The number of hydrogen-bond donors (Lipinski definition) is 1. The van der Waals surface area contributed by atoms with Gasteiger partial charge in [0.2, 0.25) is 0 Å². The zero-order valence-corrected chi connectivity index (χ0v) is 17.2. The minimum atomic E-state index is -4.25. The van der Waals surface area contributed by atoms with Gasteiger partial charge in [0.05, 0.1) is 64.4 Å². The van der Waals surface area contributed by atoms with Crippen LogP contribution in [0.25, 0.3) is 0 Å². The summed E-state index contributed by atoms with van der Waals surface area (Å²) >= 11 is 0. The summed E-state index contributed by atoms with van der Waals surface area (Å²) in [4.78, 5) is -0.203. The number of methoxy groups -OCH3 is 1. The van der Waals surface area contributed by atoms with E-state index in [0.29, 0.717) is 65.2 Å². The molecule has 0 amide bonds. The highest BCUT2D eigenvalue weighted by Crippen LogP contribution is 2.22. The highest BCUT2D eigenvalue weighted by atomic mass is 32.2. The number of ether oxygens (including phenoxy) is 6. The Kier molecular flexibility index (Phi) is 13.0. The van der Waals surface area contributed by atoms with Gasteiger partial charge in [-0.05, 0) is 18.6 Å². The smallest absolute Gasteiger partial charge is 0.294 e. The zero-order valence-electron chi connectivity index (χ0n) is 16.4. The number of benzene rings is 1. The van der Waals surface area contributed by atoms with Crippen LogP contribution >= 0.6 is 0 Å². The molecule has 0 heterocycles. The van der Waals surface area contributed by atoms with Gasteiger partial charge < -0.3 is 28.4 Å². The van der Waals surface area contributed by atoms with Gasteiger partial charge in [-0.15, -0.1) is 0 Å². The van der Waals surface area contributed by atoms with Crippen LogP contribution < -0.4 is 4.74 Å². The summed E-state index contributed by atoms with van der Waals surface area (Å²) in [5, 5.41) is 0. The molecular weight excluding hydrogens is 392 g/mol. The molecule has 10 heteroatoms. The maximum atomic E-state index is 11.2. The highest BCUT2D eigenvalue weighted by Gasteiger charge is 2.12. The first-order valence-corrected chi connectivity index (χ1v) is 10.4. The van der Waals surface area contributed by atoms with Crippen molar-refractivity contribution in [2.24, 2.45) is 0 Å². The van der Waals surface area contributed by atoms with Gasteiger partial charge in [0.15, 0.2) is 0 Å². The highest BCUT2D eigenvalue weighted by molar-refractivity contribution is 7.85. The van der Waals surface area contributed by atoms with E-state index in [-0.39, 0.29) is 11.5 Å². The van der Waals surface area contributed by atoms with Gasteiger partial charge in [0.25, 0.3) is 10.1 Å². The van der Waals surface area contributed by atoms with E-state index >= 15 is 0 Å². The first kappa shape index (κ1) is 24.8. The van der Waals surface area contributed by atoms with Crippen molar-refractivity contribution in [3.05, 3.63) is 23.8 Å². The molecular formula is C18H30O9S. The standard InChI is InChI=1S/C18H30O9S/c1-16-3-4-17(28(19,20)21)15-18(16)27-14-13-26-12-11-25-10-9-24-8-7-23-6-5-22-2/h3-4,15H,5-14H2,1-2H3,(H,19,20,21). The molecule has 0 unspecified atom stereocenters. The fraction of sp³-hybridized carbons (Fsp3) is 0.667. The predicted molar refractivity (Wildman–Crippen MR) is 102 cm³/mol. The van der Waals surface area contributed by atoms with Crippen LogP contribution in [-0.2, 0) is 33.8 Å². The first-order chi connectivity index (χ1) is 13.4. The van der Waals surface area contributed by atoms with Crippen LogP contribution in [0.1, 0.15) is 5.56 Å². The molecule has 28 heavy (non-hydrogen) atoms. The lowest BCUT2D eigenvalue weighted by molar-refractivity contribution is -0.00980. The molecule has 0 radical (unpaired) electrons. The van der Waals surface area contributed by atoms with Gasteiger partial charge in [0, 0.05) is 13.2 Å². The lowest BCUT2D eigenvalue weighted by Gasteiger charge is -2.11. The summed E-state index contributed by atoms with van der Waals surface area (Å²) in [6.07, 6.45) is 0. The fourth-order valence-corrected chi connectivity index (χ4v) is 2.51. The average Bonchev–Trinajstić information content (AvgIpc) is 2.65. The SMILES string of the molecule is COCCOCCOCCOCCOCCOc1cc(S(=O)(=O)O)ccc1C. The molecule has 162 valence electrons. The Hall–Kier alpha value is -1.27. The van der Waals surface area contributed by atoms with Gasteiger partial charge in [-0.25, -0.2) is 0 Å². The number of hydrogen-bond acceptors (Lipinski definition) is 8. The van der Waals surface area contributed by atoms with E-state index in [1.165, 1.54) is 12.1 Å². The first-order valence-electron chi connectivity index (χ1n) is 8.96. The molecule has 1 aromatic rings. The maximum Gasteiger partial charge on any atom is 0.294 e. The van der Waals surface area contributed by atoms with Crippen LogP contribution in [0, 0.1) is 6.92 Å². The van der Waals surface area contributed by atoms with Crippen LogP contribution in [0.5, 0.6) is 5.75 Å². The van der Waals surface area contributed by atoms with Crippen LogP contribution in [-0.4, -0.2) is 86.1 Å². The van der Waals surface area contributed by atoms with Crippen molar-refractivity contribution in [2.75, 3.05) is 73.2 Å². The van der Waals surface area contributed by atoms with Crippen molar-refractivity contribution >= 4 is 10.1 Å². The maximum absolute atomic E-state index is 11.2. The van der Waals surface area contributed by atoms with Gasteiger partial charge in [0.1, 0.15) is 12.4 Å². The molecule has 0 saturated heterocycles. The molecule has 0 aliphatic heterocycles. The van der Waals surface area contributed by atoms with Crippen LogP contribution in [0.3, 0.4) is 0 Å². The van der Waals surface area contributed by atoms with Gasteiger partial charge in [-0.1, -0.05) is 6.07 Å². The van der Waals surface area contributed by atoms with Crippen LogP contribution in [0.15, 0.2) is 23.1 Å². The molecule has 9 nitrogen and oxygen atoms in total. The van der Waals surface area contributed by atoms with Gasteiger partial charge >= 0.3 is 0 Å². The van der Waals surface area contributed by atoms with Crippen molar-refractivity contribution in [3.63, 3.8) is 0 Å². The topological polar surface area (TPSA) is 110 Å². The second-order valence-corrected chi connectivity index (χ2v) is 7.11. The Labute approximate surface area is 166 Å². The fourth-order valence-electron chi connectivity index (χ4n) is 2.01. The summed E-state index contributed by atoms with van der Waals surface area (Å²) in [5.41, 5.74) is 0.764. The lowest BCUT2D eigenvalue weighted by atomic mass is 10.2. The van der Waals surface area contributed by atoms with Crippen molar-refractivity contribution in [1.29, 1.82) is 0 Å². The zero-order chi connectivity index (χ0) is 20.7. The van der Waals surface area contributed by atoms with Gasteiger partial charge in [-0.3, -0.25) is 4.55 Å². The average molecular weight is 422 g/mol. The molecule has 0 aromatic heterocycles. The van der Waals surface area contributed by atoms with E-state index < -0.39 is 10.1 Å².